The second-order valence-corrected chi connectivity index (χ2v) is 10.8. The molecule has 1 aromatic heterocycles. The van der Waals surface area contributed by atoms with E-state index in [1.165, 1.54) is 0 Å². The average Bonchev–Trinajstić information content (AvgIpc) is 3.37. The summed E-state index contributed by atoms with van der Waals surface area (Å²) >= 11 is 0. The molecule has 5 rings (SSSR count). The van der Waals surface area contributed by atoms with Crippen molar-refractivity contribution in [1.82, 2.24) is 15.2 Å². The third-order valence-corrected chi connectivity index (χ3v) is 7.73. The van der Waals surface area contributed by atoms with Gasteiger partial charge >= 0.3 is 0 Å². The van der Waals surface area contributed by atoms with Crippen molar-refractivity contribution in [1.29, 1.82) is 5.41 Å². The largest absolute Gasteiger partial charge is 0.478 e. The molecule has 3 aromatic carbocycles. The Balaban J connectivity index is 1.35. The molecule has 1 heterocycles. The van der Waals surface area contributed by atoms with Gasteiger partial charge in [-0.2, -0.15) is 0 Å². The number of hydrogen-bond acceptors (Lipinski definition) is 6. The van der Waals surface area contributed by atoms with E-state index in [4.69, 9.17) is 20.6 Å². The minimum atomic E-state index is -0.141. The first-order chi connectivity index (χ1) is 20.9. The molecule has 1 fully saturated rings. The number of rotatable bonds is 11. The molecule has 0 radical (unpaired) electrons. The van der Waals surface area contributed by atoms with E-state index in [1.807, 2.05) is 90.4 Å². The van der Waals surface area contributed by atoms with E-state index >= 15 is 0 Å². The Labute approximate surface area is 251 Å². The van der Waals surface area contributed by atoms with Crippen LogP contribution in [0.3, 0.4) is 0 Å². The molecule has 224 valence electrons. The lowest BCUT2D eigenvalue weighted by molar-refractivity contribution is -0.121. The molecule has 1 aliphatic rings. The summed E-state index contributed by atoms with van der Waals surface area (Å²) in [4.78, 5) is 25.7. The molecule has 0 saturated heterocycles. The van der Waals surface area contributed by atoms with Crippen LogP contribution in [0.25, 0.3) is 10.9 Å². The van der Waals surface area contributed by atoms with E-state index in [0.717, 1.165) is 53.6 Å². The number of ether oxygens (including phenoxy) is 2. The molecule has 9 nitrogen and oxygen atoms in total. The molecule has 1 aliphatic carbocycles. The fourth-order valence-corrected chi connectivity index (χ4v) is 5.52. The first kappa shape index (κ1) is 29.8. The number of carbonyl (C=O) groups excluding carboxylic acids is 2. The summed E-state index contributed by atoms with van der Waals surface area (Å²) in [6.45, 7) is 3.06. The molecule has 43 heavy (non-hydrogen) atoms. The number of aromatic nitrogens is 1. The van der Waals surface area contributed by atoms with Crippen LogP contribution >= 0.6 is 0 Å². The highest BCUT2D eigenvalue weighted by atomic mass is 16.5. The first-order valence-electron chi connectivity index (χ1n) is 14.9. The number of carbonyl (C=O) groups is 2. The second-order valence-electron chi connectivity index (χ2n) is 10.8. The summed E-state index contributed by atoms with van der Waals surface area (Å²) in [5.41, 5.74) is 8.56. The van der Waals surface area contributed by atoms with Gasteiger partial charge in [0.1, 0.15) is 17.2 Å². The Morgan fingerprint density at radius 2 is 1.58 bits per heavy atom. The zero-order valence-corrected chi connectivity index (χ0v) is 24.5. The molecule has 2 amide bonds. The van der Waals surface area contributed by atoms with Gasteiger partial charge in [-0.1, -0.05) is 36.4 Å². The lowest BCUT2D eigenvalue weighted by atomic mass is 9.91. The standard InChI is InChI=1S/C34H39N5O4/c1-2-42-33(36)25-11-10-24-20-31(34(41)38-27-14-12-26(13-15-27)37-32(40)18-19-35)39(30(24)21-25)22-23-8-16-29(17-9-23)43-28-6-4-3-5-7-28/h3-11,16-17,20-21,26-27,36H,2,12-15,18-19,22,35H2,1H3,(H,37,40)(H,38,41)/t26-,27-. The van der Waals surface area contributed by atoms with Crippen LogP contribution in [0.5, 0.6) is 11.5 Å². The van der Waals surface area contributed by atoms with Gasteiger partial charge < -0.3 is 30.4 Å². The quantitative estimate of drug-likeness (QED) is 0.140. The number of fused-ring (bicyclic) bond motifs is 1. The van der Waals surface area contributed by atoms with Crippen molar-refractivity contribution < 1.29 is 19.1 Å². The predicted molar refractivity (Wildman–Crippen MR) is 168 cm³/mol. The molecule has 9 heteroatoms. The van der Waals surface area contributed by atoms with Gasteiger partial charge in [0.05, 0.1) is 6.61 Å². The average molecular weight is 582 g/mol. The minimum absolute atomic E-state index is 0.0176. The van der Waals surface area contributed by atoms with E-state index < -0.39 is 0 Å². The number of nitrogens with zero attached hydrogens (tertiary/aromatic N) is 1. The van der Waals surface area contributed by atoms with Gasteiger partial charge in [0, 0.05) is 48.1 Å². The Hall–Kier alpha value is -4.63. The van der Waals surface area contributed by atoms with Crippen LogP contribution in [0.4, 0.5) is 0 Å². The van der Waals surface area contributed by atoms with Crippen LogP contribution in [0.1, 0.15) is 60.6 Å². The van der Waals surface area contributed by atoms with Gasteiger partial charge in [0.25, 0.3) is 5.91 Å². The lowest BCUT2D eigenvalue weighted by Crippen LogP contribution is -2.44. The molecular formula is C34H39N5O4. The molecule has 1 saturated carbocycles. The molecule has 0 bridgehead atoms. The molecule has 0 unspecified atom stereocenters. The summed E-state index contributed by atoms with van der Waals surface area (Å²) in [5, 5.41) is 15.5. The summed E-state index contributed by atoms with van der Waals surface area (Å²) < 4.78 is 13.4. The molecule has 5 N–H and O–H groups in total. The Bertz CT molecular complexity index is 1560. The topological polar surface area (TPSA) is 131 Å². The van der Waals surface area contributed by atoms with E-state index in [1.54, 1.807) is 0 Å². The van der Waals surface area contributed by atoms with E-state index in [2.05, 4.69) is 10.6 Å². The number of benzene rings is 3. The second kappa shape index (κ2) is 14.0. The van der Waals surface area contributed by atoms with Gasteiger partial charge in [-0.15, -0.1) is 0 Å². The van der Waals surface area contributed by atoms with Crippen LogP contribution in [0.15, 0.2) is 78.9 Å². The summed E-state index contributed by atoms with van der Waals surface area (Å²) in [7, 11) is 0. The zero-order valence-electron chi connectivity index (χ0n) is 24.5. The van der Waals surface area contributed by atoms with Crippen molar-refractivity contribution in [3.63, 3.8) is 0 Å². The normalized spacial score (nSPS) is 16.4. The highest BCUT2D eigenvalue weighted by molar-refractivity contribution is 6.01. The molecular weight excluding hydrogens is 542 g/mol. The summed E-state index contributed by atoms with van der Waals surface area (Å²) in [5.74, 6) is 1.43. The van der Waals surface area contributed by atoms with Gasteiger partial charge in [0.2, 0.25) is 11.8 Å². The van der Waals surface area contributed by atoms with Crippen molar-refractivity contribution >= 4 is 28.6 Å². The van der Waals surface area contributed by atoms with E-state index in [9.17, 15) is 9.59 Å². The van der Waals surface area contributed by atoms with Crippen LogP contribution in [-0.4, -0.2) is 47.5 Å². The lowest BCUT2D eigenvalue weighted by Gasteiger charge is -2.29. The van der Waals surface area contributed by atoms with Crippen molar-refractivity contribution in [3.05, 3.63) is 95.7 Å². The number of para-hydroxylation sites is 1. The Kier molecular flexibility index (Phi) is 9.73. The van der Waals surface area contributed by atoms with Crippen molar-refractivity contribution in [2.45, 2.75) is 57.7 Å². The van der Waals surface area contributed by atoms with Gasteiger partial charge in [0.15, 0.2) is 0 Å². The number of nitrogens with one attached hydrogen (secondary N) is 3. The zero-order chi connectivity index (χ0) is 30.2. The Morgan fingerprint density at radius 1 is 0.907 bits per heavy atom. The summed E-state index contributed by atoms with van der Waals surface area (Å²) in [6.07, 6.45) is 3.53. The van der Waals surface area contributed by atoms with Crippen LogP contribution in [-0.2, 0) is 16.1 Å². The number of nitrogens with two attached hydrogens (primary N) is 1. The van der Waals surface area contributed by atoms with Crippen LogP contribution in [0.2, 0.25) is 0 Å². The molecule has 0 aliphatic heterocycles. The van der Waals surface area contributed by atoms with E-state index in [0.29, 0.717) is 37.4 Å². The SMILES string of the molecule is CCOC(=N)c1ccc2cc(C(=O)N[C@H]3CC[C@H](NC(=O)CCN)CC3)n(Cc3ccc(Oc4ccccc4)cc3)c2c1. The molecule has 0 spiro atoms. The predicted octanol–water partition coefficient (Wildman–Crippen LogP) is 5.35. The van der Waals surface area contributed by atoms with Crippen molar-refractivity contribution in [3.8, 4) is 11.5 Å². The highest BCUT2D eigenvalue weighted by Gasteiger charge is 2.25. The minimum Gasteiger partial charge on any atom is -0.478 e. The molecule has 0 atom stereocenters. The van der Waals surface area contributed by atoms with Gasteiger partial charge in [-0.3, -0.25) is 15.0 Å². The maximum atomic E-state index is 13.7. The monoisotopic (exact) mass is 581 g/mol. The third-order valence-electron chi connectivity index (χ3n) is 7.73. The fourth-order valence-electron chi connectivity index (χ4n) is 5.52. The number of hydrogen-bond donors (Lipinski definition) is 4. The van der Waals surface area contributed by atoms with Crippen molar-refractivity contribution in [2.75, 3.05) is 13.2 Å². The maximum absolute atomic E-state index is 13.7. The van der Waals surface area contributed by atoms with Gasteiger partial charge in [-0.05, 0) is 80.6 Å². The smallest absolute Gasteiger partial charge is 0.268 e. The summed E-state index contributed by atoms with van der Waals surface area (Å²) in [6, 6.07) is 25.2. The van der Waals surface area contributed by atoms with Crippen LogP contribution < -0.4 is 21.1 Å². The van der Waals surface area contributed by atoms with Crippen LogP contribution in [0, 0.1) is 5.41 Å². The number of amides is 2. The van der Waals surface area contributed by atoms with Crippen molar-refractivity contribution in [2.24, 2.45) is 5.73 Å². The third kappa shape index (κ3) is 7.61. The molecule has 4 aromatic rings. The van der Waals surface area contributed by atoms with Gasteiger partial charge in [-0.25, -0.2) is 0 Å². The maximum Gasteiger partial charge on any atom is 0.268 e. The van der Waals surface area contributed by atoms with E-state index in [-0.39, 0.29) is 29.8 Å². The highest BCUT2D eigenvalue weighted by Crippen LogP contribution is 2.26. The first-order valence-corrected chi connectivity index (χ1v) is 14.9. The fraction of sp³-hybridized carbons (Fsp3) is 0.324. The Morgan fingerprint density at radius 3 is 2.26 bits per heavy atom.